The predicted molar refractivity (Wildman–Crippen MR) is 79.2 cm³/mol. The van der Waals surface area contributed by atoms with Crippen molar-refractivity contribution in [2.45, 2.75) is 64.2 Å². The first kappa shape index (κ1) is 17.9. The molecule has 0 unspecified atom stereocenters. The summed E-state index contributed by atoms with van der Waals surface area (Å²) < 4.78 is 0. The first-order chi connectivity index (χ1) is 8.55. The molecule has 0 spiro atoms. The molecule has 0 saturated heterocycles. The van der Waals surface area contributed by atoms with Crippen molar-refractivity contribution in [1.29, 1.82) is 0 Å². The smallest absolute Gasteiger partial charge is 0.331 e. The average molecular weight is 286 g/mol. The third-order valence-electron chi connectivity index (χ3n) is 4.29. The van der Waals surface area contributed by atoms with Gasteiger partial charge in [0.25, 0.3) is 0 Å². The molecule has 0 aromatic carbocycles. The average Bonchev–Trinajstić information content (AvgIpc) is 2.21. The van der Waals surface area contributed by atoms with Crippen LogP contribution in [0.1, 0.15) is 41.5 Å². The molecule has 5 heteroatoms. The van der Waals surface area contributed by atoms with Crippen molar-refractivity contribution in [1.82, 2.24) is 0 Å². The molecule has 0 fully saturated rings. The molecule has 0 aliphatic heterocycles. The van der Waals surface area contributed by atoms with E-state index < -0.39 is 20.0 Å². The molecule has 0 aromatic rings. The van der Waals surface area contributed by atoms with Crippen LogP contribution < -0.4 is 0 Å². The van der Waals surface area contributed by atoms with Gasteiger partial charge in [-0.1, -0.05) is 58.2 Å². The summed E-state index contributed by atoms with van der Waals surface area (Å²) in [7, 11) is -1.93. The van der Waals surface area contributed by atoms with E-state index in [1.54, 1.807) is 0 Å². The Morgan fingerprint density at radius 3 is 1.53 bits per heavy atom. The predicted octanol–water partition coefficient (Wildman–Crippen LogP) is 3.76. The monoisotopic (exact) mass is 286 g/mol. The molecule has 0 aliphatic rings. The van der Waals surface area contributed by atoms with Crippen molar-refractivity contribution >= 4 is 20.0 Å². The summed E-state index contributed by atoms with van der Waals surface area (Å²) in [6.45, 7) is 12.8. The zero-order valence-electron chi connectivity index (χ0n) is 12.7. The van der Waals surface area contributed by atoms with Gasteiger partial charge in [-0.15, -0.1) is 0 Å². The second-order valence-electron chi connectivity index (χ2n) is 6.07. The molecule has 0 atom stereocenters. The van der Waals surface area contributed by atoms with Crippen molar-refractivity contribution in [2.75, 3.05) is 0 Å². The lowest BCUT2D eigenvalue weighted by atomic mass is 10.3. The summed E-state index contributed by atoms with van der Waals surface area (Å²) in [5.74, 6) is -2.29. The van der Waals surface area contributed by atoms with Gasteiger partial charge in [0.15, 0.2) is 0 Å². The number of carboxylic acids is 2. The molecule has 0 bridgehead atoms. The van der Waals surface area contributed by atoms with E-state index in [-0.39, 0.29) is 5.57 Å². The van der Waals surface area contributed by atoms with Crippen LogP contribution in [-0.2, 0) is 9.59 Å². The van der Waals surface area contributed by atoms with Crippen LogP contribution in [0.4, 0.5) is 0 Å². The molecule has 0 radical (unpaired) electrons. The van der Waals surface area contributed by atoms with E-state index in [2.05, 4.69) is 41.5 Å². The number of hydrogen-bond donors (Lipinski definition) is 2. The van der Waals surface area contributed by atoms with E-state index in [4.69, 9.17) is 5.11 Å². The van der Waals surface area contributed by atoms with Gasteiger partial charge in [-0.3, -0.25) is 0 Å². The molecule has 110 valence electrons. The van der Waals surface area contributed by atoms with Gasteiger partial charge in [0.2, 0.25) is 0 Å². The molecule has 0 amide bonds. The standard InChI is InChI=1S/C14H26O4Si/c1-9(2)19(10(3)4,11(5)6)8-12(14(17)18)7-13(15)16/h7,9-11H,8H2,1-6H3,(H,15,16)(H,17,18)/b12-7+. The Morgan fingerprint density at radius 1 is 0.947 bits per heavy atom. The third-order valence-corrected chi connectivity index (χ3v) is 11.7. The van der Waals surface area contributed by atoms with Gasteiger partial charge in [0.1, 0.15) is 0 Å². The summed E-state index contributed by atoms with van der Waals surface area (Å²) >= 11 is 0. The Kier molecular flexibility index (Phi) is 6.49. The maximum absolute atomic E-state index is 11.3. The fourth-order valence-corrected chi connectivity index (χ4v) is 9.42. The summed E-state index contributed by atoms with van der Waals surface area (Å²) in [6.07, 6.45) is 0.858. The molecule has 19 heavy (non-hydrogen) atoms. The second kappa shape index (κ2) is 6.89. The number of hydrogen-bond acceptors (Lipinski definition) is 2. The largest absolute Gasteiger partial charge is 0.478 e. The van der Waals surface area contributed by atoms with E-state index >= 15 is 0 Å². The summed E-state index contributed by atoms with van der Waals surface area (Å²) in [5, 5.41) is 18.0. The number of carboxylic acid groups (broad SMARTS) is 2. The van der Waals surface area contributed by atoms with Crippen molar-refractivity contribution < 1.29 is 19.8 Å². The first-order valence-corrected chi connectivity index (χ1v) is 9.16. The topological polar surface area (TPSA) is 74.6 Å². The van der Waals surface area contributed by atoms with Gasteiger partial charge < -0.3 is 10.2 Å². The third kappa shape index (κ3) is 4.20. The number of carbonyl (C=O) groups is 2. The first-order valence-electron chi connectivity index (χ1n) is 6.72. The summed E-state index contributed by atoms with van der Waals surface area (Å²) in [5.41, 5.74) is 1.26. The van der Waals surface area contributed by atoms with Crippen molar-refractivity contribution in [3.63, 3.8) is 0 Å². The summed E-state index contributed by atoms with van der Waals surface area (Å²) in [6, 6.07) is 0.418. The van der Waals surface area contributed by atoms with E-state index in [9.17, 15) is 14.7 Å². The Balaban J connectivity index is 5.66. The van der Waals surface area contributed by atoms with E-state index in [0.29, 0.717) is 22.7 Å². The van der Waals surface area contributed by atoms with Crippen LogP contribution in [0, 0.1) is 0 Å². The van der Waals surface area contributed by atoms with Crippen LogP contribution in [0.2, 0.25) is 22.7 Å². The molecule has 2 N–H and O–H groups in total. The Hall–Kier alpha value is -1.10. The highest BCUT2D eigenvalue weighted by atomic mass is 28.3. The van der Waals surface area contributed by atoms with Gasteiger partial charge in [0.05, 0.1) is 8.07 Å². The van der Waals surface area contributed by atoms with Gasteiger partial charge in [-0.25, -0.2) is 9.59 Å². The van der Waals surface area contributed by atoms with E-state index in [1.165, 1.54) is 0 Å². The Morgan fingerprint density at radius 2 is 1.32 bits per heavy atom. The Bertz CT molecular complexity index is 348. The van der Waals surface area contributed by atoms with Crippen LogP contribution in [0.15, 0.2) is 11.6 Å². The Labute approximate surface area is 116 Å². The summed E-state index contributed by atoms with van der Waals surface area (Å²) in [4.78, 5) is 22.1. The zero-order valence-corrected chi connectivity index (χ0v) is 13.7. The number of rotatable bonds is 7. The molecule has 0 heterocycles. The lowest BCUT2D eigenvalue weighted by molar-refractivity contribution is -0.135. The highest BCUT2D eigenvalue weighted by Crippen LogP contribution is 2.46. The SMILES string of the molecule is CC(C)[Si](C/C(=C\C(=O)O)C(=O)O)(C(C)C)C(C)C. The van der Waals surface area contributed by atoms with E-state index in [0.717, 1.165) is 6.08 Å². The fraction of sp³-hybridized carbons (Fsp3) is 0.714. The van der Waals surface area contributed by atoms with Crippen LogP contribution >= 0.6 is 0 Å². The van der Waals surface area contributed by atoms with Gasteiger partial charge in [-0.2, -0.15) is 0 Å². The lowest BCUT2D eigenvalue weighted by Gasteiger charge is -2.43. The van der Waals surface area contributed by atoms with Crippen LogP contribution in [0.3, 0.4) is 0 Å². The van der Waals surface area contributed by atoms with Crippen LogP contribution in [0.25, 0.3) is 0 Å². The van der Waals surface area contributed by atoms with Crippen molar-refractivity contribution in [2.24, 2.45) is 0 Å². The number of aliphatic carboxylic acids is 2. The molecule has 0 aromatic heterocycles. The molecule has 0 aliphatic carbocycles. The fourth-order valence-electron chi connectivity index (χ4n) is 3.28. The van der Waals surface area contributed by atoms with Crippen molar-refractivity contribution in [3.8, 4) is 0 Å². The van der Waals surface area contributed by atoms with Crippen LogP contribution in [-0.4, -0.2) is 30.2 Å². The molecular formula is C14H26O4Si. The second-order valence-corrected chi connectivity index (χ2v) is 12.1. The lowest BCUT2D eigenvalue weighted by Crippen LogP contribution is -2.45. The highest BCUT2D eigenvalue weighted by molar-refractivity contribution is 6.84. The van der Waals surface area contributed by atoms with E-state index in [1.807, 2.05) is 0 Å². The minimum atomic E-state index is -1.93. The maximum atomic E-state index is 11.3. The minimum absolute atomic E-state index is 0.0373. The molecule has 4 nitrogen and oxygen atoms in total. The maximum Gasteiger partial charge on any atom is 0.331 e. The highest BCUT2D eigenvalue weighted by Gasteiger charge is 2.43. The van der Waals surface area contributed by atoms with Crippen molar-refractivity contribution in [3.05, 3.63) is 11.6 Å². The minimum Gasteiger partial charge on any atom is -0.478 e. The van der Waals surface area contributed by atoms with Gasteiger partial charge in [-0.05, 0) is 6.04 Å². The molecule has 0 saturated carbocycles. The van der Waals surface area contributed by atoms with Gasteiger partial charge >= 0.3 is 11.9 Å². The quantitative estimate of drug-likeness (QED) is 0.552. The van der Waals surface area contributed by atoms with Crippen LogP contribution in [0.5, 0.6) is 0 Å². The normalized spacial score (nSPS) is 13.4. The zero-order chi connectivity index (χ0) is 15.4. The molecule has 0 rings (SSSR count). The van der Waals surface area contributed by atoms with Gasteiger partial charge in [0, 0.05) is 11.6 Å². The molecular weight excluding hydrogens is 260 g/mol.